The molecule has 0 aliphatic rings. The normalized spacial score (nSPS) is 12.1. The molecule has 0 radical (unpaired) electrons. The number of aliphatic hydroxyl groups is 1. The zero-order valence-electron chi connectivity index (χ0n) is 10.4. The molecule has 0 amide bonds. The Morgan fingerprint density at radius 2 is 2.00 bits per heavy atom. The highest BCUT2D eigenvalue weighted by molar-refractivity contribution is 5.24. The third-order valence-electron chi connectivity index (χ3n) is 2.83. The molecule has 1 N–H and O–H groups in total. The van der Waals surface area contributed by atoms with Gasteiger partial charge in [-0.1, -0.05) is 37.3 Å². The fraction of sp³-hybridized carbons (Fsp3) is 0.267. The number of rotatable bonds is 5. The van der Waals surface area contributed by atoms with Crippen molar-refractivity contribution in [3.8, 4) is 5.88 Å². The summed E-state index contributed by atoms with van der Waals surface area (Å²) in [5.74, 6) is 0.698. The zero-order chi connectivity index (χ0) is 12.8. The topological polar surface area (TPSA) is 42.4 Å². The Morgan fingerprint density at radius 3 is 2.72 bits per heavy atom. The summed E-state index contributed by atoms with van der Waals surface area (Å²) < 4.78 is 5.63. The summed E-state index contributed by atoms with van der Waals surface area (Å²) >= 11 is 0. The molecule has 0 saturated carbocycles. The Bertz CT molecular complexity index is 485. The minimum atomic E-state index is 0.104. The molecule has 1 atom stereocenters. The fourth-order valence-corrected chi connectivity index (χ4v) is 1.65. The Labute approximate surface area is 107 Å². The van der Waals surface area contributed by atoms with Crippen molar-refractivity contribution in [3.63, 3.8) is 0 Å². The van der Waals surface area contributed by atoms with Crippen LogP contribution in [0.1, 0.15) is 24.0 Å². The van der Waals surface area contributed by atoms with E-state index >= 15 is 0 Å². The molecule has 0 aliphatic carbocycles. The van der Waals surface area contributed by atoms with Crippen molar-refractivity contribution in [2.75, 3.05) is 6.61 Å². The van der Waals surface area contributed by atoms with Gasteiger partial charge >= 0.3 is 0 Å². The van der Waals surface area contributed by atoms with E-state index in [1.165, 1.54) is 0 Å². The number of aromatic nitrogens is 1. The maximum Gasteiger partial charge on any atom is 0.213 e. The Kier molecular flexibility index (Phi) is 4.31. The number of hydrogen-bond donors (Lipinski definition) is 1. The molecule has 0 saturated heterocycles. The number of ether oxygens (including phenoxy) is 1. The van der Waals surface area contributed by atoms with Gasteiger partial charge in [-0.3, -0.25) is 0 Å². The standard InChI is InChI=1S/C15H17NO2/c1-12(10-17)14-7-8-16-15(9-14)18-11-13-5-3-2-4-6-13/h2-9,12,17H,10-11H2,1H3/t12-/m1/s1. The lowest BCUT2D eigenvalue weighted by molar-refractivity contribution is 0.271. The molecular formula is C15H17NO2. The second-order valence-corrected chi connectivity index (χ2v) is 4.29. The molecule has 0 spiro atoms. The first-order valence-electron chi connectivity index (χ1n) is 6.03. The second-order valence-electron chi connectivity index (χ2n) is 4.29. The van der Waals surface area contributed by atoms with Crippen molar-refractivity contribution < 1.29 is 9.84 Å². The molecule has 1 aromatic carbocycles. The highest BCUT2D eigenvalue weighted by Gasteiger charge is 2.05. The quantitative estimate of drug-likeness (QED) is 0.878. The van der Waals surface area contributed by atoms with E-state index in [0.717, 1.165) is 11.1 Å². The summed E-state index contributed by atoms with van der Waals surface area (Å²) in [6.45, 7) is 2.60. The number of pyridine rings is 1. The van der Waals surface area contributed by atoms with E-state index in [9.17, 15) is 0 Å². The van der Waals surface area contributed by atoms with Crippen molar-refractivity contribution in [1.82, 2.24) is 4.98 Å². The van der Waals surface area contributed by atoms with Crippen LogP contribution in [0.2, 0.25) is 0 Å². The molecule has 0 bridgehead atoms. The van der Waals surface area contributed by atoms with Gasteiger partial charge in [0.2, 0.25) is 5.88 Å². The van der Waals surface area contributed by atoms with Crippen molar-refractivity contribution >= 4 is 0 Å². The van der Waals surface area contributed by atoms with Gasteiger partial charge in [-0.2, -0.15) is 0 Å². The predicted octanol–water partition coefficient (Wildman–Crippen LogP) is 2.76. The van der Waals surface area contributed by atoms with Gasteiger partial charge < -0.3 is 9.84 Å². The van der Waals surface area contributed by atoms with Gasteiger partial charge in [-0.25, -0.2) is 4.98 Å². The van der Waals surface area contributed by atoms with Crippen LogP contribution in [0.25, 0.3) is 0 Å². The van der Waals surface area contributed by atoms with E-state index in [1.54, 1.807) is 6.20 Å². The highest BCUT2D eigenvalue weighted by Crippen LogP contribution is 2.18. The summed E-state index contributed by atoms with van der Waals surface area (Å²) in [5, 5.41) is 9.13. The van der Waals surface area contributed by atoms with Gasteiger partial charge in [0, 0.05) is 24.8 Å². The van der Waals surface area contributed by atoms with Crippen LogP contribution in [0, 0.1) is 0 Å². The Balaban J connectivity index is 2.01. The van der Waals surface area contributed by atoms with Gasteiger partial charge in [0.15, 0.2) is 0 Å². The smallest absolute Gasteiger partial charge is 0.213 e. The molecule has 0 unspecified atom stereocenters. The monoisotopic (exact) mass is 243 g/mol. The third-order valence-corrected chi connectivity index (χ3v) is 2.83. The summed E-state index contributed by atoms with van der Waals surface area (Å²) in [6, 6.07) is 13.7. The Morgan fingerprint density at radius 1 is 1.22 bits per heavy atom. The molecule has 1 aromatic heterocycles. The van der Waals surface area contributed by atoms with E-state index in [2.05, 4.69) is 4.98 Å². The molecule has 3 nitrogen and oxygen atoms in total. The van der Waals surface area contributed by atoms with Gasteiger partial charge in [-0.15, -0.1) is 0 Å². The molecule has 0 aliphatic heterocycles. The summed E-state index contributed by atoms with van der Waals surface area (Å²) in [4.78, 5) is 4.17. The van der Waals surface area contributed by atoms with E-state index in [4.69, 9.17) is 9.84 Å². The fourth-order valence-electron chi connectivity index (χ4n) is 1.65. The third kappa shape index (κ3) is 3.31. The van der Waals surface area contributed by atoms with E-state index in [-0.39, 0.29) is 12.5 Å². The predicted molar refractivity (Wildman–Crippen MR) is 70.5 cm³/mol. The molecule has 2 rings (SSSR count). The lowest BCUT2D eigenvalue weighted by Gasteiger charge is -2.10. The van der Waals surface area contributed by atoms with Gasteiger partial charge in [0.1, 0.15) is 6.61 Å². The van der Waals surface area contributed by atoms with Crippen LogP contribution in [-0.4, -0.2) is 16.7 Å². The summed E-state index contributed by atoms with van der Waals surface area (Å²) in [5.41, 5.74) is 2.15. The number of nitrogens with zero attached hydrogens (tertiary/aromatic N) is 1. The molecule has 1 heterocycles. The molecule has 94 valence electrons. The molecule has 18 heavy (non-hydrogen) atoms. The molecular weight excluding hydrogens is 226 g/mol. The first-order valence-corrected chi connectivity index (χ1v) is 6.03. The van der Waals surface area contributed by atoms with Gasteiger partial charge in [0.05, 0.1) is 0 Å². The summed E-state index contributed by atoms with van der Waals surface area (Å²) in [7, 11) is 0. The lowest BCUT2D eigenvalue weighted by Crippen LogP contribution is -2.01. The van der Waals surface area contributed by atoms with Crippen molar-refractivity contribution in [1.29, 1.82) is 0 Å². The lowest BCUT2D eigenvalue weighted by atomic mass is 10.0. The van der Waals surface area contributed by atoms with Crippen molar-refractivity contribution in [2.45, 2.75) is 19.4 Å². The van der Waals surface area contributed by atoms with Crippen molar-refractivity contribution in [2.24, 2.45) is 0 Å². The second kappa shape index (κ2) is 6.17. The minimum absolute atomic E-state index is 0.104. The van der Waals surface area contributed by atoms with Crippen LogP contribution in [-0.2, 0) is 6.61 Å². The number of aliphatic hydroxyl groups excluding tert-OH is 1. The average molecular weight is 243 g/mol. The molecule has 0 fully saturated rings. The van der Waals surface area contributed by atoms with Crippen LogP contribution in [0.5, 0.6) is 5.88 Å². The van der Waals surface area contributed by atoms with E-state index in [0.29, 0.717) is 12.5 Å². The first-order chi connectivity index (χ1) is 8.79. The average Bonchev–Trinajstić information content (AvgIpc) is 2.45. The highest BCUT2D eigenvalue weighted by atomic mass is 16.5. The van der Waals surface area contributed by atoms with E-state index < -0.39 is 0 Å². The van der Waals surface area contributed by atoms with Crippen LogP contribution < -0.4 is 4.74 Å². The van der Waals surface area contributed by atoms with Crippen LogP contribution in [0.4, 0.5) is 0 Å². The van der Waals surface area contributed by atoms with Crippen LogP contribution in [0.3, 0.4) is 0 Å². The van der Waals surface area contributed by atoms with Crippen molar-refractivity contribution in [3.05, 3.63) is 59.8 Å². The van der Waals surface area contributed by atoms with Gasteiger partial charge in [0.25, 0.3) is 0 Å². The Hall–Kier alpha value is -1.87. The minimum Gasteiger partial charge on any atom is -0.473 e. The van der Waals surface area contributed by atoms with Crippen LogP contribution in [0.15, 0.2) is 48.7 Å². The zero-order valence-corrected chi connectivity index (χ0v) is 10.4. The maximum atomic E-state index is 9.13. The molecule has 2 aromatic rings. The SMILES string of the molecule is C[C@H](CO)c1ccnc(OCc2ccccc2)c1. The summed E-state index contributed by atoms with van der Waals surface area (Å²) in [6.07, 6.45) is 1.71. The maximum absolute atomic E-state index is 9.13. The van der Waals surface area contributed by atoms with Gasteiger partial charge in [-0.05, 0) is 17.2 Å². The molecule has 3 heteroatoms. The first kappa shape index (κ1) is 12.6. The van der Waals surface area contributed by atoms with Crippen LogP contribution >= 0.6 is 0 Å². The number of hydrogen-bond acceptors (Lipinski definition) is 3. The number of benzene rings is 1. The van der Waals surface area contributed by atoms with E-state index in [1.807, 2.05) is 49.4 Å². The largest absolute Gasteiger partial charge is 0.473 e.